The average Bonchev–Trinajstić information content (AvgIpc) is 2.38. The molecule has 0 fully saturated rings. The van der Waals surface area contributed by atoms with E-state index in [1.807, 2.05) is 0 Å². The van der Waals surface area contributed by atoms with Crippen molar-refractivity contribution in [1.29, 1.82) is 0 Å². The van der Waals surface area contributed by atoms with Gasteiger partial charge in [-0.05, 0) is 59.1 Å². The van der Waals surface area contributed by atoms with Crippen LogP contribution in [0.15, 0.2) is 33.8 Å². The fourth-order valence-corrected chi connectivity index (χ4v) is 3.98. The minimum atomic E-state index is -3.93. The number of sulfonamides is 1. The third-order valence-electron chi connectivity index (χ3n) is 2.96. The Kier molecular flexibility index (Phi) is 4.20. The molecule has 21 heavy (non-hydrogen) atoms. The molecule has 8 heteroatoms. The van der Waals surface area contributed by atoms with Crippen molar-refractivity contribution >= 4 is 37.5 Å². The summed E-state index contributed by atoms with van der Waals surface area (Å²) >= 11 is 3.21. The van der Waals surface area contributed by atoms with Crippen molar-refractivity contribution in [2.75, 3.05) is 10.5 Å². The average molecular weight is 374 g/mol. The number of nitrogen functional groups attached to an aromatic ring is 1. The van der Waals surface area contributed by atoms with Gasteiger partial charge < -0.3 is 5.73 Å². The van der Waals surface area contributed by atoms with E-state index in [0.29, 0.717) is 4.47 Å². The molecular weight excluding hydrogens is 361 g/mol. The fourth-order valence-electron chi connectivity index (χ4n) is 1.98. The van der Waals surface area contributed by atoms with Gasteiger partial charge in [-0.25, -0.2) is 17.8 Å². The number of nitrogens with one attached hydrogen (secondary N) is 1. The standard InChI is InChI=1S/C13H13BrFN3O2S/c1-7-6-10(15)11(16)8(2)12(7)21(19,20)18-13-9(14)4-3-5-17-13/h3-6H,16H2,1-2H3,(H,17,18). The first-order valence-electron chi connectivity index (χ1n) is 5.92. The second-order valence-corrected chi connectivity index (χ2v) is 6.96. The molecule has 2 rings (SSSR count). The van der Waals surface area contributed by atoms with Gasteiger partial charge in [-0.3, -0.25) is 4.72 Å². The number of nitrogens with two attached hydrogens (primary N) is 1. The van der Waals surface area contributed by atoms with Gasteiger partial charge in [0.25, 0.3) is 10.0 Å². The van der Waals surface area contributed by atoms with Crippen LogP contribution in [0, 0.1) is 19.7 Å². The Morgan fingerprint density at radius 1 is 1.38 bits per heavy atom. The lowest BCUT2D eigenvalue weighted by molar-refractivity contribution is 0.598. The quantitative estimate of drug-likeness (QED) is 0.809. The number of hydrogen-bond acceptors (Lipinski definition) is 4. The largest absolute Gasteiger partial charge is 0.396 e. The van der Waals surface area contributed by atoms with E-state index < -0.39 is 15.8 Å². The van der Waals surface area contributed by atoms with Crippen LogP contribution in [0.3, 0.4) is 0 Å². The van der Waals surface area contributed by atoms with Gasteiger partial charge >= 0.3 is 0 Å². The lowest BCUT2D eigenvalue weighted by Gasteiger charge is -2.15. The first-order valence-corrected chi connectivity index (χ1v) is 8.20. The summed E-state index contributed by atoms with van der Waals surface area (Å²) in [6, 6.07) is 4.42. The van der Waals surface area contributed by atoms with E-state index in [1.54, 1.807) is 12.1 Å². The smallest absolute Gasteiger partial charge is 0.263 e. The van der Waals surface area contributed by atoms with Crippen molar-refractivity contribution in [3.05, 3.63) is 45.8 Å². The Hall–Kier alpha value is -1.67. The molecule has 1 aromatic carbocycles. The van der Waals surface area contributed by atoms with E-state index in [0.717, 1.165) is 6.07 Å². The highest BCUT2D eigenvalue weighted by Crippen LogP contribution is 2.30. The van der Waals surface area contributed by atoms with E-state index in [9.17, 15) is 12.8 Å². The molecule has 1 heterocycles. The summed E-state index contributed by atoms with van der Waals surface area (Å²) in [5.74, 6) is -0.484. The summed E-state index contributed by atoms with van der Waals surface area (Å²) in [6.07, 6.45) is 1.46. The molecule has 0 bridgehead atoms. The minimum absolute atomic E-state index is 0.0426. The fraction of sp³-hybridized carbons (Fsp3) is 0.154. The normalized spacial score (nSPS) is 11.4. The summed E-state index contributed by atoms with van der Waals surface area (Å²) in [5, 5.41) is 0. The molecule has 112 valence electrons. The van der Waals surface area contributed by atoms with E-state index in [4.69, 9.17) is 5.73 Å². The van der Waals surface area contributed by atoms with Crippen LogP contribution in [0.1, 0.15) is 11.1 Å². The number of rotatable bonds is 3. The molecule has 0 atom stereocenters. The zero-order valence-corrected chi connectivity index (χ0v) is 13.7. The Bertz CT molecular complexity index is 809. The van der Waals surface area contributed by atoms with Crippen molar-refractivity contribution < 1.29 is 12.8 Å². The molecule has 0 spiro atoms. The molecule has 0 saturated carbocycles. The highest BCUT2D eigenvalue weighted by molar-refractivity contribution is 9.10. The third kappa shape index (κ3) is 3.01. The number of pyridine rings is 1. The van der Waals surface area contributed by atoms with Gasteiger partial charge in [0.1, 0.15) is 5.82 Å². The Labute approximate surface area is 130 Å². The number of anilines is 2. The number of benzene rings is 1. The molecule has 3 N–H and O–H groups in total. The third-order valence-corrected chi connectivity index (χ3v) is 5.23. The molecule has 0 saturated heterocycles. The molecule has 0 aliphatic heterocycles. The number of aryl methyl sites for hydroxylation is 1. The van der Waals surface area contributed by atoms with Gasteiger partial charge in [-0.1, -0.05) is 0 Å². The maximum absolute atomic E-state index is 13.5. The van der Waals surface area contributed by atoms with Crippen LogP contribution >= 0.6 is 15.9 Å². The van der Waals surface area contributed by atoms with Gasteiger partial charge in [0.2, 0.25) is 0 Å². The molecule has 0 radical (unpaired) electrons. The summed E-state index contributed by atoms with van der Waals surface area (Å²) in [7, 11) is -3.93. The second kappa shape index (κ2) is 5.61. The van der Waals surface area contributed by atoms with Gasteiger partial charge in [0.05, 0.1) is 15.1 Å². The lowest BCUT2D eigenvalue weighted by Crippen LogP contribution is -2.18. The molecule has 5 nitrogen and oxygen atoms in total. The van der Waals surface area contributed by atoms with Gasteiger partial charge in [-0.2, -0.15) is 0 Å². The van der Waals surface area contributed by atoms with Crippen LogP contribution in [0.25, 0.3) is 0 Å². The first kappa shape index (κ1) is 15.7. The highest BCUT2D eigenvalue weighted by Gasteiger charge is 2.24. The first-order chi connectivity index (χ1) is 9.74. The van der Waals surface area contributed by atoms with Crippen molar-refractivity contribution in [2.45, 2.75) is 18.7 Å². The number of nitrogens with zero attached hydrogens (tertiary/aromatic N) is 1. The highest BCUT2D eigenvalue weighted by atomic mass is 79.9. The van der Waals surface area contributed by atoms with Gasteiger partial charge in [-0.15, -0.1) is 0 Å². The van der Waals surface area contributed by atoms with E-state index in [1.165, 1.54) is 20.0 Å². The van der Waals surface area contributed by atoms with Crippen LogP contribution in [0.2, 0.25) is 0 Å². The predicted molar refractivity (Wildman–Crippen MR) is 83.0 cm³/mol. The van der Waals surface area contributed by atoms with E-state index in [-0.39, 0.29) is 27.5 Å². The zero-order chi connectivity index (χ0) is 15.8. The summed E-state index contributed by atoms with van der Waals surface area (Å²) in [5.41, 5.74) is 5.85. The maximum atomic E-state index is 13.5. The Balaban J connectivity index is 2.56. The monoisotopic (exact) mass is 373 g/mol. The Morgan fingerprint density at radius 2 is 2.05 bits per heavy atom. The molecule has 0 aliphatic rings. The number of halogens is 2. The molecular formula is C13H13BrFN3O2S. The molecule has 2 aromatic rings. The topological polar surface area (TPSA) is 85.1 Å². The van der Waals surface area contributed by atoms with Crippen LogP contribution in [-0.4, -0.2) is 13.4 Å². The predicted octanol–water partition coefficient (Wildman–Crippen LogP) is 2.98. The van der Waals surface area contributed by atoms with Gasteiger partial charge in [0.15, 0.2) is 5.82 Å². The van der Waals surface area contributed by atoms with Crippen LogP contribution in [-0.2, 0) is 10.0 Å². The van der Waals surface area contributed by atoms with Crippen LogP contribution in [0.5, 0.6) is 0 Å². The maximum Gasteiger partial charge on any atom is 0.263 e. The SMILES string of the molecule is Cc1cc(F)c(N)c(C)c1S(=O)(=O)Nc1ncccc1Br. The van der Waals surface area contributed by atoms with Crippen molar-refractivity contribution in [3.8, 4) is 0 Å². The summed E-state index contributed by atoms with van der Waals surface area (Å²) < 4.78 is 41.4. The zero-order valence-electron chi connectivity index (χ0n) is 11.3. The molecule has 0 aliphatic carbocycles. The van der Waals surface area contributed by atoms with Crippen molar-refractivity contribution in [2.24, 2.45) is 0 Å². The molecule has 1 aromatic heterocycles. The number of aromatic nitrogens is 1. The van der Waals surface area contributed by atoms with Crippen molar-refractivity contribution in [3.63, 3.8) is 0 Å². The lowest BCUT2D eigenvalue weighted by atomic mass is 10.1. The summed E-state index contributed by atoms with van der Waals surface area (Å²) in [4.78, 5) is 3.90. The molecule has 0 unspecified atom stereocenters. The Morgan fingerprint density at radius 3 is 2.67 bits per heavy atom. The van der Waals surface area contributed by atoms with Crippen LogP contribution < -0.4 is 10.5 Å². The minimum Gasteiger partial charge on any atom is -0.396 e. The van der Waals surface area contributed by atoms with Crippen LogP contribution in [0.4, 0.5) is 15.9 Å². The summed E-state index contributed by atoms with van der Waals surface area (Å²) in [6.45, 7) is 2.98. The second-order valence-electron chi connectivity index (χ2n) is 4.48. The van der Waals surface area contributed by atoms with Crippen molar-refractivity contribution in [1.82, 2.24) is 4.98 Å². The van der Waals surface area contributed by atoms with E-state index >= 15 is 0 Å². The van der Waals surface area contributed by atoms with E-state index in [2.05, 4.69) is 25.6 Å². The number of hydrogen-bond donors (Lipinski definition) is 2. The molecule has 0 amide bonds. The van der Waals surface area contributed by atoms with Gasteiger partial charge in [0, 0.05) is 6.20 Å².